The van der Waals surface area contributed by atoms with Crippen LogP contribution in [0.3, 0.4) is 0 Å². The molecule has 0 aliphatic heterocycles. The smallest absolute Gasteiger partial charge is 0.339 e. The molecule has 0 atom stereocenters. The highest BCUT2D eigenvalue weighted by Crippen LogP contribution is 2.31. The normalized spacial score (nSPS) is 11.7. The molecule has 0 aliphatic carbocycles. The molecule has 1 aromatic heterocycles. The average Bonchev–Trinajstić information content (AvgIpc) is 3.22. The van der Waals surface area contributed by atoms with Crippen LogP contribution in [0.4, 0.5) is 5.69 Å². The van der Waals surface area contributed by atoms with Gasteiger partial charge in [0.1, 0.15) is 21.7 Å². The molecule has 0 radical (unpaired) electrons. The van der Waals surface area contributed by atoms with Gasteiger partial charge in [0.15, 0.2) is 0 Å². The van der Waals surface area contributed by atoms with Gasteiger partial charge in [-0.3, -0.25) is 4.79 Å². The third-order valence-electron chi connectivity index (χ3n) is 4.53. The fourth-order valence-corrected chi connectivity index (χ4v) is 4.92. The molecule has 0 fully saturated rings. The summed E-state index contributed by atoms with van der Waals surface area (Å²) in [5.41, 5.74) is 1.98. The largest absolute Gasteiger partial charge is 0.378 e. The van der Waals surface area contributed by atoms with E-state index in [-0.39, 0.29) is 16.6 Å². The lowest BCUT2D eigenvalue weighted by molar-refractivity contribution is -0.114. The summed E-state index contributed by atoms with van der Waals surface area (Å²) in [6.45, 7) is 1.36. The number of nitriles is 1. The average molecular weight is 476 g/mol. The van der Waals surface area contributed by atoms with Gasteiger partial charge in [-0.2, -0.15) is 13.7 Å². The van der Waals surface area contributed by atoms with Gasteiger partial charge in [0.25, 0.3) is 0 Å². The number of carbonyl (C=O) groups is 1. The topological polar surface area (TPSA) is 109 Å². The van der Waals surface area contributed by atoms with E-state index in [2.05, 4.69) is 16.4 Å². The van der Waals surface area contributed by atoms with E-state index in [4.69, 9.17) is 4.18 Å². The Hall–Kier alpha value is -4.00. The van der Waals surface area contributed by atoms with E-state index in [1.165, 1.54) is 48.6 Å². The number of rotatable bonds is 6. The van der Waals surface area contributed by atoms with Gasteiger partial charge < -0.3 is 9.50 Å². The number of para-hydroxylation sites is 2. The Balaban J connectivity index is 1.65. The first-order valence-corrected chi connectivity index (χ1v) is 12.0. The van der Waals surface area contributed by atoms with Crippen molar-refractivity contribution in [2.45, 2.75) is 11.8 Å². The van der Waals surface area contributed by atoms with E-state index >= 15 is 0 Å². The molecule has 1 N–H and O–H groups in total. The van der Waals surface area contributed by atoms with Crippen molar-refractivity contribution < 1.29 is 17.4 Å². The molecule has 9 heteroatoms. The van der Waals surface area contributed by atoms with Crippen LogP contribution in [0.15, 0.2) is 77.7 Å². The lowest BCUT2D eigenvalue weighted by atomic mass is 10.1. The highest BCUT2D eigenvalue weighted by atomic mass is 32.2. The summed E-state index contributed by atoms with van der Waals surface area (Å²) in [5, 5.41) is 12.8. The predicted octanol–water partition coefficient (Wildman–Crippen LogP) is 5.09. The highest BCUT2D eigenvalue weighted by Gasteiger charge is 2.19. The van der Waals surface area contributed by atoms with E-state index < -0.39 is 10.1 Å². The predicted molar refractivity (Wildman–Crippen MR) is 128 cm³/mol. The molecule has 0 bridgehead atoms. The molecule has 0 saturated carbocycles. The number of benzene rings is 3. The summed E-state index contributed by atoms with van der Waals surface area (Å²) in [6, 6.07) is 21.9. The van der Waals surface area contributed by atoms with Gasteiger partial charge in [0.05, 0.1) is 15.8 Å². The lowest BCUT2D eigenvalue weighted by Crippen LogP contribution is -2.11. The molecule has 7 nitrogen and oxygen atoms in total. The van der Waals surface area contributed by atoms with Gasteiger partial charge in [0, 0.05) is 18.2 Å². The van der Waals surface area contributed by atoms with Crippen molar-refractivity contribution in [3.8, 4) is 11.8 Å². The first kappa shape index (κ1) is 22.2. The number of thiazole rings is 1. The molecule has 1 amide bonds. The Morgan fingerprint density at radius 1 is 1.06 bits per heavy atom. The van der Waals surface area contributed by atoms with Crippen LogP contribution in [0.2, 0.25) is 0 Å². The summed E-state index contributed by atoms with van der Waals surface area (Å²) in [6.07, 6.45) is 1.56. The van der Waals surface area contributed by atoms with Crippen molar-refractivity contribution in [1.82, 2.24) is 4.98 Å². The Morgan fingerprint density at radius 3 is 2.45 bits per heavy atom. The van der Waals surface area contributed by atoms with Crippen molar-refractivity contribution in [2.75, 3.05) is 5.32 Å². The minimum absolute atomic E-state index is 0.0675. The monoisotopic (exact) mass is 475 g/mol. The molecule has 0 saturated heterocycles. The van der Waals surface area contributed by atoms with Crippen molar-refractivity contribution in [2.24, 2.45) is 0 Å². The number of fused-ring (bicyclic) bond motifs is 1. The Bertz CT molecular complexity index is 1480. The summed E-state index contributed by atoms with van der Waals surface area (Å²) in [4.78, 5) is 15.6. The first-order chi connectivity index (χ1) is 15.9. The summed E-state index contributed by atoms with van der Waals surface area (Å²) < 4.78 is 32.0. The quantitative estimate of drug-likeness (QED) is 0.307. The molecule has 0 spiro atoms. The van der Waals surface area contributed by atoms with Gasteiger partial charge in [0.2, 0.25) is 5.91 Å². The zero-order valence-electron chi connectivity index (χ0n) is 17.3. The first-order valence-electron chi connectivity index (χ1n) is 9.74. The van der Waals surface area contributed by atoms with E-state index in [0.717, 1.165) is 10.2 Å². The zero-order valence-corrected chi connectivity index (χ0v) is 19.0. The molecule has 1 heterocycles. The number of nitrogens with one attached hydrogen (secondary N) is 1. The molecule has 164 valence electrons. The Kier molecular flexibility index (Phi) is 6.22. The van der Waals surface area contributed by atoms with Crippen molar-refractivity contribution in [3.05, 3.63) is 83.4 Å². The molecule has 4 rings (SSSR count). The lowest BCUT2D eigenvalue weighted by Gasteiger charge is -2.10. The van der Waals surface area contributed by atoms with Crippen LogP contribution in [-0.4, -0.2) is 19.3 Å². The van der Waals surface area contributed by atoms with Crippen LogP contribution in [0, 0.1) is 11.3 Å². The standard InChI is InChI=1S/C24H17N3O4S2/c1-16(28)26-19-10-12-20(13-11-19)33(29,30)31-22-8-4-2-6-17(22)14-18(15-25)24-27-21-7-3-5-9-23(21)32-24/h2-14H,1H3,(H,26,28). The maximum Gasteiger partial charge on any atom is 0.339 e. The van der Waals surface area contributed by atoms with Crippen LogP contribution in [-0.2, 0) is 14.9 Å². The van der Waals surface area contributed by atoms with Gasteiger partial charge in [-0.15, -0.1) is 11.3 Å². The summed E-state index contributed by atoms with van der Waals surface area (Å²) in [7, 11) is -4.15. The summed E-state index contributed by atoms with van der Waals surface area (Å²) >= 11 is 1.38. The van der Waals surface area contributed by atoms with Gasteiger partial charge in [-0.1, -0.05) is 30.3 Å². The molecule has 3 aromatic carbocycles. The number of aromatic nitrogens is 1. The Labute approximate surface area is 194 Å². The van der Waals surface area contributed by atoms with Gasteiger partial charge >= 0.3 is 10.1 Å². The number of allylic oxidation sites excluding steroid dienone is 1. The highest BCUT2D eigenvalue weighted by molar-refractivity contribution is 7.87. The number of nitrogens with zero attached hydrogens (tertiary/aromatic N) is 2. The van der Waals surface area contributed by atoms with Crippen molar-refractivity contribution in [3.63, 3.8) is 0 Å². The number of amides is 1. The molecule has 0 aliphatic rings. The maximum absolute atomic E-state index is 12.8. The number of carbonyl (C=O) groups excluding carboxylic acids is 1. The molecule has 33 heavy (non-hydrogen) atoms. The fourth-order valence-electron chi connectivity index (χ4n) is 3.03. The van der Waals surface area contributed by atoms with Crippen LogP contribution >= 0.6 is 11.3 Å². The van der Waals surface area contributed by atoms with E-state index in [1.54, 1.807) is 24.3 Å². The molecule has 4 aromatic rings. The minimum Gasteiger partial charge on any atom is -0.378 e. The third-order valence-corrected chi connectivity index (χ3v) is 6.84. The van der Waals surface area contributed by atoms with E-state index in [9.17, 15) is 18.5 Å². The Morgan fingerprint density at radius 2 is 1.76 bits per heavy atom. The molecular formula is C24H17N3O4S2. The second-order valence-electron chi connectivity index (χ2n) is 6.94. The van der Waals surface area contributed by atoms with Crippen LogP contribution in [0.5, 0.6) is 5.75 Å². The van der Waals surface area contributed by atoms with E-state index in [1.807, 2.05) is 24.3 Å². The van der Waals surface area contributed by atoms with E-state index in [0.29, 0.717) is 21.8 Å². The van der Waals surface area contributed by atoms with Crippen molar-refractivity contribution in [1.29, 1.82) is 5.26 Å². The number of hydrogen-bond acceptors (Lipinski definition) is 7. The van der Waals surface area contributed by atoms with Crippen LogP contribution in [0.1, 0.15) is 17.5 Å². The second-order valence-corrected chi connectivity index (χ2v) is 9.51. The SMILES string of the molecule is CC(=O)Nc1ccc(S(=O)(=O)Oc2ccccc2C=C(C#N)c2nc3ccccc3s2)cc1. The third kappa shape index (κ3) is 5.09. The van der Waals surface area contributed by atoms with Crippen LogP contribution in [0.25, 0.3) is 21.9 Å². The number of anilines is 1. The van der Waals surface area contributed by atoms with Gasteiger partial charge in [-0.25, -0.2) is 4.98 Å². The molecule has 0 unspecified atom stereocenters. The second kappa shape index (κ2) is 9.24. The number of hydrogen-bond donors (Lipinski definition) is 1. The van der Waals surface area contributed by atoms with Gasteiger partial charge in [-0.05, 0) is 48.5 Å². The fraction of sp³-hybridized carbons (Fsp3) is 0.0417. The summed E-state index contributed by atoms with van der Waals surface area (Å²) in [5.74, 6) is -0.179. The maximum atomic E-state index is 12.8. The minimum atomic E-state index is -4.15. The molecular weight excluding hydrogens is 458 g/mol. The van der Waals surface area contributed by atoms with Crippen molar-refractivity contribution >= 4 is 54.9 Å². The van der Waals surface area contributed by atoms with Crippen LogP contribution < -0.4 is 9.50 Å². The zero-order chi connectivity index (χ0) is 23.4.